The van der Waals surface area contributed by atoms with E-state index >= 15 is 0 Å². The first-order chi connectivity index (χ1) is 6.72. The molecule has 0 radical (unpaired) electrons. The Balaban J connectivity index is 1.85. The first kappa shape index (κ1) is 9.65. The Morgan fingerprint density at radius 2 is 2.00 bits per heavy atom. The number of hydrogen-bond donors (Lipinski definition) is 1. The molecular formula is C11H16N2O. The van der Waals surface area contributed by atoms with E-state index in [0.29, 0.717) is 0 Å². The van der Waals surface area contributed by atoms with Gasteiger partial charge in [-0.1, -0.05) is 30.3 Å². The van der Waals surface area contributed by atoms with E-state index in [4.69, 9.17) is 10.5 Å². The number of ether oxygens (including phenoxy) is 1. The number of nitrogens with zero attached hydrogens (tertiary/aromatic N) is 1. The molecule has 0 aliphatic carbocycles. The Bertz CT molecular complexity index is 293. The molecule has 1 heterocycles. The standard InChI is InChI=1S/C11H16N2O/c1-14-11(12)8-13(9-11)7-10-5-3-2-4-6-10/h2-6H,7-9,12H2,1H3. The van der Waals surface area contributed by atoms with E-state index in [1.807, 2.05) is 6.07 Å². The molecule has 2 rings (SSSR count). The molecule has 1 aromatic carbocycles. The van der Waals surface area contributed by atoms with Crippen molar-refractivity contribution in [3.05, 3.63) is 35.9 Å². The van der Waals surface area contributed by atoms with Gasteiger partial charge >= 0.3 is 0 Å². The van der Waals surface area contributed by atoms with Crippen molar-refractivity contribution in [2.24, 2.45) is 5.73 Å². The topological polar surface area (TPSA) is 38.5 Å². The van der Waals surface area contributed by atoms with Crippen LogP contribution < -0.4 is 5.73 Å². The van der Waals surface area contributed by atoms with E-state index < -0.39 is 5.72 Å². The zero-order valence-electron chi connectivity index (χ0n) is 8.44. The van der Waals surface area contributed by atoms with E-state index in [1.165, 1.54) is 5.56 Å². The van der Waals surface area contributed by atoms with Gasteiger partial charge in [0.2, 0.25) is 0 Å². The maximum atomic E-state index is 5.88. The van der Waals surface area contributed by atoms with Crippen LogP contribution in [-0.2, 0) is 11.3 Å². The second-order valence-corrected chi connectivity index (χ2v) is 3.90. The van der Waals surface area contributed by atoms with E-state index in [9.17, 15) is 0 Å². The van der Waals surface area contributed by atoms with Crippen molar-refractivity contribution in [3.8, 4) is 0 Å². The third kappa shape index (κ3) is 1.95. The summed E-state index contributed by atoms with van der Waals surface area (Å²) in [6.45, 7) is 2.60. The maximum absolute atomic E-state index is 5.88. The van der Waals surface area contributed by atoms with Crippen LogP contribution in [0.25, 0.3) is 0 Å². The Kier molecular flexibility index (Phi) is 2.54. The minimum atomic E-state index is -0.408. The largest absolute Gasteiger partial charge is 0.361 e. The van der Waals surface area contributed by atoms with Crippen LogP contribution in [0.2, 0.25) is 0 Å². The molecule has 1 aliphatic heterocycles. The summed E-state index contributed by atoms with van der Waals surface area (Å²) >= 11 is 0. The van der Waals surface area contributed by atoms with Crippen molar-refractivity contribution in [2.75, 3.05) is 20.2 Å². The van der Waals surface area contributed by atoms with Crippen molar-refractivity contribution in [1.82, 2.24) is 4.90 Å². The van der Waals surface area contributed by atoms with Gasteiger partial charge in [0.15, 0.2) is 0 Å². The molecular weight excluding hydrogens is 176 g/mol. The molecule has 2 N–H and O–H groups in total. The molecule has 0 amide bonds. The average Bonchev–Trinajstić information content (AvgIpc) is 2.17. The molecule has 0 spiro atoms. The average molecular weight is 192 g/mol. The van der Waals surface area contributed by atoms with Crippen LogP contribution >= 0.6 is 0 Å². The number of benzene rings is 1. The third-order valence-corrected chi connectivity index (χ3v) is 2.64. The Hall–Kier alpha value is -0.900. The summed E-state index contributed by atoms with van der Waals surface area (Å²) < 4.78 is 5.18. The van der Waals surface area contributed by atoms with Gasteiger partial charge in [0.05, 0.1) is 0 Å². The zero-order valence-corrected chi connectivity index (χ0v) is 8.44. The lowest BCUT2D eigenvalue weighted by Crippen LogP contribution is -2.67. The Labute approximate surface area is 84.5 Å². The Morgan fingerprint density at radius 3 is 2.57 bits per heavy atom. The molecule has 0 bridgehead atoms. The van der Waals surface area contributed by atoms with E-state index in [2.05, 4.69) is 29.2 Å². The van der Waals surface area contributed by atoms with Crippen LogP contribution in [0.3, 0.4) is 0 Å². The van der Waals surface area contributed by atoms with E-state index in [1.54, 1.807) is 7.11 Å². The van der Waals surface area contributed by atoms with Gasteiger partial charge < -0.3 is 10.5 Å². The lowest BCUT2D eigenvalue weighted by molar-refractivity contribution is -0.123. The summed E-state index contributed by atoms with van der Waals surface area (Å²) in [4.78, 5) is 2.28. The highest BCUT2D eigenvalue weighted by Crippen LogP contribution is 2.20. The quantitative estimate of drug-likeness (QED) is 0.720. The van der Waals surface area contributed by atoms with Crippen LogP contribution in [0.4, 0.5) is 0 Å². The Morgan fingerprint density at radius 1 is 1.36 bits per heavy atom. The molecule has 0 unspecified atom stereocenters. The number of nitrogens with two attached hydrogens (primary N) is 1. The molecule has 0 aromatic heterocycles. The second kappa shape index (κ2) is 3.69. The van der Waals surface area contributed by atoms with Gasteiger partial charge in [-0.25, -0.2) is 0 Å². The lowest BCUT2D eigenvalue weighted by Gasteiger charge is -2.46. The highest BCUT2D eigenvalue weighted by Gasteiger charge is 2.39. The second-order valence-electron chi connectivity index (χ2n) is 3.90. The molecule has 1 fully saturated rings. The zero-order chi connectivity index (χ0) is 10.0. The predicted octanol–water partition coefficient (Wildman–Crippen LogP) is 0.804. The summed E-state index contributed by atoms with van der Waals surface area (Å²) in [7, 11) is 1.67. The number of methoxy groups -OCH3 is 1. The van der Waals surface area contributed by atoms with Crippen molar-refractivity contribution in [1.29, 1.82) is 0 Å². The minimum absolute atomic E-state index is 0.408. The third-order valence-electron chi connectivity index (χ3n) is 2.64. The van der Waals surface area contributed by atoms with Crippen LogP contribution in [0, 0.1) is 0 Å². The lowest BCUT2D eigenvalue weighted by atomic mass is 10.0. The van der Waals surface area contributed by atoms with Gasteiger partial charge in [-0.3, -0.25) is 4.90 Å². The number of rotatable bonds is 3. The summed E-state index contributed by atoms with van der Waals surface area (Å²) in [5, 5.41) is 0. The summed E-state index contributed by atoms with van der Waals surface area (Å²) in [6, 6.07) is 10.4. The van der Waals surface area contributed by atoms with E-state index in [0.717, 1.165) is 19.6 Å². The molecule has 0 atom stereocenters. The smallest absolute Gasteiger partial charge is 0.141 e. The molecule has 1 aromatic rings. The molecule has 76 valence electrons. The van der Waals surface area contributed by atoms with Crippen LogP contribution in [0.15, 0.2) is 30.3 Å². The van der Waals surface area contributed by atoms with Crippen molar-refractivity contribution >= 4 is 0 Å². The molecule has 1 saturated heterocycles. The molecule has 3 nitrogen and oxygen atoms in total. The first-order valence-corrected chi connectivity index (χ1v) is 4.82. The SMILES string of the molecule is COC1(N)CN(Cc2ccccc2)C1. The summed E-state index contributed by atoms with van der Waals surface area (Å²) in [5.41, 5.74) is 6.80. The molecule has 3 heteroatoms. The fraction of sp³-hybridized carbons (Fsp3) is 0.455. The fourth-order valence-electron chi connectivity index (χ4n) is 1.79. The van der Waals surface area contributed by atoms with Crippen molar-refractivity contribution in [3.63, 3.8) is 0 Å². The van der Waals surface area contributed by atoms with Crippen LogP contribution in [-0.4, -0.2) is 30.8 Å². The van der Waals surface area contributed by atoms with Gasteiger partial charge in [-0.2, -0.15) is 0 Å². The highest BCUT2D eigenvalue weighted by molar-refractivity contribution is 5.15. The fourth-order valence-corrected chi connectivity index (χ4v) is 1.79. The van der Waals surface area contributed by atoms with Crippen LogP contribution in [0.1, 0.15) is 5.56 Å². The molecule has 1 aliphatic rings. The molecule has 14 heavy (non-hydrogen) atoms. The van der Waals surface area contributed by atoms with Crippen molar-refractivity contribution < 1.29 is 4.74 Å². The van der Waals surface area contributed by atoms with Crippen molar-refractivity contribution in [2.45, 2.75) is 12.3 Å². The summed E-state index contributed by atoms with van der Waals surface area (Å²) in [5.74, 6) is 0. The number of hydrogen-bond acceptors (Lipinski definition) is 3. The first-order valence-electron chi connectivity index (χ1n) is 4.82. The van der Waals surface area contributed by atoms with Gasteiger partial charge in [-0.05, 0) is 5.56 Å². The van der Waals surface area contributed by atoms with E-state index in [-0.39, 0.29) is 0 Å². The van der Waals surface area contributed by atoms with Gasteiger partial charge in [-0.15, -0.1) is 0 Å². The monoisotopic (exact) mass is 192 g/mol. The van der Waals surface area contributed by atoms with Gasteiger partial charge in [0.25, 0.3) is 0 Å². The van der Waals surface area contributed by atoms with Gasteiger partial charge in [0, 0.05) is 26.7 Å². The minimum Gasteiger partial charge on any atom is -0.361 e. The summed E-state index contributed by atoms with van der Waals surface area (Å²) in [6.07, 6.45) is 0. The van der Waals surface area contributed by atoms with Gasteiger partial charge in [0.1, 0.15) is 5.72 Å². The predicted molar refractivity (Wildman–Crippen MR) is 55.6 cm³/mol. The molecule has 0 saturated carbocycles. The number of likely N-dealkylation sites (tertiary alicyclic amines) is 1. The normalized spacial score (nSPS) is 20.4. The highest BCUT2D eigenvalue weighted by atomic mass is 16.5. The maximum Gasteiger partial charge on any atom is 0.141 e. The van der Waals surface area contributed by atoms with Crippen LogP contribution in [0.5, 0.6) is 0 Å².